The van der Waals surface area contributed by atoms with E-state index in [1.165, 1.54) is 35.1 Å². The van der Waals surface area contributed by atoms with E-state index in [1.54, 1.807) is 0 Å². The maximum Gasteiger partial charge on any atom is -0.00824 e. The molecule has 0 heteroatoms. The van der Waals surface area contributed by atoms with Gasteiger partial charge in [-0.15, -0.1) is 0 Å². The second-order valence-corrected chi connectivity index (χ2v) is 4.18. The van der Waals surface area contributed by atoms with Crippen LogP contribution in [-0.4, -0.2) is 0 Å². The van der Waals surface area contributed by atoms with Crippen LogP contribution in [0.25, 0.3) is 5.57 Å². The summed E-state index contributed by atoms with van der Waals surface area (Å²) >= 11 is 0. The maximum absolute atomic E-state index is 2.34. The molecule has 0 radical (unpaired) electrons. The Balaban J connectivity index is 2.14. The van der Waals surface area contributed by atoms with E-state index >= 15 is 0 Å². The van der Waals surface area contributed by atoms with Crippen molar-refractivity contribution in [1.29, 1.82) is 0 Å². The van der Waals surface area contributed by atoms with Crippen LogP contribution in [-0.2, 0) is 0 Å². The predicted octanol–water partition coefficient (Wildman–Crippen LogP) is 4.29. The molecule has 1 aromatic rings. The molecule has 0 saturated carbocycles. The highest BCUT2D eigenvalue weighted by Crippen LogP contribution is 2.36. The third kappa shape index (κ3) is 1.57. The smallest absolute Gasteiger partial charge is 0.00824 e. The van der Waals surface area contributed by atoms with Crippen molar-refractivity contribution in [1.82, 2.24) is 0 Å². The topological polar surface area (TPSA) is 0 Å². The Kier molecular flexibility index (Phi) is 2.34. The minimum absolute atomic E-state index is 1.22. The molecule has 1 aromatic carbocycles. The zero-order valence-corrected chi connectivity index (χ0v) is 9.19. The monoisotopic (exact) mass is 206 g/mol. The molecule has 0 heterocycles. The molecule has 2 aliphatic carbocycles. The predicted molar refractivity (Wildman–Crippen MR) is 69.0 cm³/mol. The molecule has 0 fully saturated rings. The summed E-state index contributed by atoms with van der Waals surface area (Å²) in [6.45, 7) is 0. The van der Waals surface area contributed by atoms with Crippen LogP contribution in [0.1, 0.15) is 18.4 Å². The third-order valence-corrected chi connectivity index (χ3v) is 3.14. The Labute approximate surface area is 96.3 Å². The molecule has 0 amide bonds. The Hall–Kier alpha value is -1.82. The number of benzene rings is 1. The number of allylic oxidation sites excluding steroid dienone is 8. The summed E-state index contributed by atoms with van der Waals surface area (Å²) < 4.78 is 0. The lowest BCUT2D eigenvalue weighted by Gasteiger charge is -2.20. The van der Waals surface area contributed by atoms with E-state index in [9.17, 15) is 0 Å². The van der Waals surface area contributed by atoms with Gasteiger partial charge in [0.15, 0.2) is 0 Å². The van der Waals surface area contributed by atoms with Crippen LogP contribution < -0.4 is 0 Å². The zero-order valence-electron chi connectivity index (χ0n) is 9.19. The van der Waals surface area contributed by atoms with Gasteiger partial charge in [0.25, 0.3) is 0 Å². The second kappa shape index (κ2) is 3.97. The number of hydrogen-bond donors (Lipinski definition) is 0. The lowest BCUT2D eigenvalue weighted by atomic mass is 9.85. The van der Waals surface area contributed by atoms with Crippen LogP contribution in [0.3, 0.4) is 0 Å². The summed E-state index contributed by atoms with van der Waals surface area (Å²) in [5.74, 6) is 0. The van der Waals surface area contributed by atoms with E-state index < -0.39 is 0 Å². The van der Waals surface area contributed by atoms with E-state index in [-0.39, 0.29) is 0 Å². The SMILES string of the molecule is C1=CC(=C(C2=CCC2)c2ccccc2)C=C1. The van der Waals surface area contributed by atoms with Gasteiger partial charge < -0.3 is 0 Å². The summed E-state index contributed by atoms with van der Waals surface area (Å²) in [6, 6.07) is 10.7. The first kappa shape index (κ1) is 9.41. The molecule has 0 bridgehead atoms. The molecular weight excluding hydrogens is 192 g/mol. The fourth-order valence-corrected chi connectivity index (χ4v) is 2.20. The van der Waals surface area contributed by atoms with Gasteiger partial charge in [-0.05, 0) is 35.1 Å². The van der Waals surface area contributed by atoms with E-state index in [0.29, 0.717) is 0 Å². The quantitative estimate of drug-likeness (QED) is 0.677. The first-order chi connectivity index (χ1) is 7.95. The molecular formula is C16H14. The van der Waals surface area contributed by atoms with E-state index in [0.717, 1.165) is 0 Å². The molecule has 2 aliphatic rings. The van der Waals surface area contributed by atoms with Crippen LogP contribution in [0.5, 0.6) is 0 Å². The summed E-state index contributed by atoms with van der Waals surface area (Å²) in [5, 5.41) is 0. The summed E-state index contributed by atoms with van der Waals surface area (Å²) in [5.41, 5.74) is 5.59. The van der Waals surface area contributed by atoms with Gasteiger partial charge in [0.2, 0.25) is 0 Å². The van der Waals surface area contributed by atoms with Gasteiger partial charge in [0, 0.05) is 0 Å². The maximum atomic E-state index is 2.34. The molecule has 3 rings (SSSR count). The minimum atomic E-state index is 1.22. The fourth-order valence-electron chi connectivity index (χ4n) is 2.20. The number of rotatable bonds is 2. The first-order valence-corrected chi connectivity index (χ1v) is 5.79. The fraction of sp³-hybridized carbons (Fsp3) is 0.125. The molecule has 0 saturated heterocycles. The van der Waals surface area contributed by atoms with Crippen molar-refractivity contribution in [3.05, 3.63) is 77.4 Å². The molecule has 0 unspecified atom stereocenters. The lowest BCUT2D eigenvalue weighted by Crippen LogP contribution is -1.99. The van der Waals surface area contributed by atoms with Gasteiger partial charge in [-0.2, -0.15) is 0 Å². The standard InChI is InChI=1S/C16H14/c1-2-7-13(8-3-1)16(15-11-6-12-15)14-9-4-5-10-14/h1-5,7-11H,6,12H2. The van der Waals surface area contributed by atoms with E-state index in [1.807, 2.05) is 0 Å². The van der Waals surface area contributed by atoms with Crippen molar-refractivity contribution in [3.8, 4) is 0 Å². The van der Waals surface area contributed by atoms with Crippen molar-refractivity contribution in [2.24, 2.45) is 0 Å². The molecule has 0 nitrogen and oxygen atoms in total. The van der Waals surface area contributed by atoms with Crippen molar-refractivity contribution in [2.45, 2.75) is 12.8 Å². The van der Waals surface area contributed by atoms with Gasteiger partial charge in [0.05, 0.1) is 0 Å². The molecule has 16 heavy (non-hydrogen) atoms. The van der Waals surface area contributed by atoms with Crippen LogP contribution in [0.4, 0.5) is 0 Å². The largest absolute Gasteiger partial charge is 0.0803 e. The summed E-state index contributed by atoms with van der Waals surface area (Å²) in [7, 11) is 0. The van der Waals surface area contributed by atoms with Gasteiger partial charge in [-0.25, -0.2) is 0 Å². The van der Waals surface area contributed by atoms with Crippen molar-refractivity contribution in [3.63, 3.8) is 0 Å². The normalized spacial score (nSPS) is 17.2. The van der Waals surface area contributed by atoms with Crippen LogP contribution in [0.2, 0.25) is 0 Å². The van der Waals surface area contributed by atoms with Crippen LogP contribution >= 0.6 is 0 Å². The molecule has 78 valence electrons. The van der Waals surface area contributed by atoms with Crippen molar-refractivity contribution in [2.75, 3.05) is 0 Å². The van der Waals surface area contributed by atoms with Crippen molar-refractivity contribution >= 4 is 5.57 Å². The van der Waals surface area contributed by atoms with E-state index in [2.05, 4.69) is 60.7 Å². The summed E-state index contributed by atoms with van der Waals surface area (Å²) in [6.07, 6.45) is 13.4. The van der Waals surface area contributed by atoms with Gasteiger partial charge >= 0.3 is 0 Å². The second-order valence-electron chi connectivity index (χ2n) is 4.18. The molecule has 0 N–H and O–H groups in total. The molecule has 0 aliphatic heterocycles. The molecule has 0 atom stereocenters. The minimum Gasteiger partial charge on any atom is -0.0803 e. The highest BCUT2D eigenvalue weighted by atomic mass is 14.2. The molecule has 0 aromatic heterocycles. The van der Waals surface area contributed by atoms with Gasteiger partial charge in [0.1, 0.15) is 0 Å². The lowest BCUT2D eigenvalue weighted by molar-refractivity contribution is 0.912. The van der Waals surface area contributed by atoms with Crippen molar-refractivity contribution < 1.29 is 0 Å². The highest BCUT2D eigenvalue weighted by Gasteiger charge is 2.16. The first-order valence-electron chi connectivity index (χ1n) is 5.79. The van der Waals surface area contributed by atoms with E-state index in [4.69, 9.17) is 0 Å². The third-order valence-electron chi connectivity index (χ3n) is 3.14. The highest BCUT2D eigenvalue weighted by molar-refractivity contribution is 5.86. The Morgan fingerprint density at radius 2 is 1.62 bits per heavy atom. The number of hydrogen-bond acceptors (Lipinski definition) is 0. The van der Waals surface area contributed by atoms with Gasteiger partial charge in [-0.1, -0.05) is 60.7 Å². The van der Waals surface area contributed by atoms with Crippen LogP contribution in [0, 0.1) is 0 Å². The Morgan fingerprint density at radius 1 is 0.938 bits per heavy atom. The zero-order chi connectivity index (χ0) is 10.8. The summed E-state index contributed by atoms with van der Waals surface area (Å²) in [4.78, 5) is 0. The average molecular weight is 206 g/mol. The van der Waals surface area contributed by atoms with Crippen LogP contribution in [0.15, 0.2) is 71.9 Å². The molecule has 0 spiro atoms. The average Bonchev–Trinajstić information content (AvgIpc) is 2.77. The Bertz CT molecular complexity index is 496. The Morgan fingerprint density at radius 3 is 2.19 bits per heavy atom. The van der Waals surface area contributed by atoms with Gasteiger partial charge in [-0.3, -0.25) is 0 Å².